The Bertz CT molecular complexity index is 692. The second-order valence-corrected chi connectivity index (χ2v) is 16.1. The Labute approximate surface area is 318 Å². The smallest absolute Gasteiger partial charge is 0.249 e. The molecule has 0 aromatic heterocycles. The van der Waals surface area contributed by atoms with E-state index in [1.54, 1.807) is 0 Å². The van der Waals surface area contributed by atoms with Gasteiger partial charge in [0.1, 0.15) is 12.2 Å². The Morgan fingerprint density at radius 3 is 0.941 bits per heavy atom. The standard InChI is InChI=1S/C45H91NO5/c1-3-5-7-9-11-13-15-16-17-18-19-20-21-22-23-24-25-26-27-29-30-32-34-36-38-42(48)44(50)41(40-47)46-45(51)43(49)39-37-35-33-31-28-14-12-10-8-6-4-2/h41-44,47-50H,3-40H2,1-2H3,(H,46,51). The van der Waals surface area contributed by atoms with Crippen LogP contribution in [0.5, 0.6) is 0 Å². The molecule has 51 heavy (non-hydrogen) atoms. The van der Waals surface area contributed by atoms with Crippen LogP contribution in [-0.4, -0.2) is 57.3 Å². The van der Waals surface area contributed by atoms with E-state index in [1.165, 1.54) is 186 Å². The third-order valence-corrected chi connectivity index (χ3v) is 11.1. The van der Waals surface area contributed by atoms with Crippen molar-refractivity contribution in [2.75, 3.05) is 6.61 Å². The summed E-state index contributed by atoms with van der Waals surface area (Å²) in [5.74, 6) is -0.581. The van der Waals surface area contributed by atoms with E-state index in [9.17, 15) is 25.2 Å². The van der Waals surface area contributed by atoms with E-state index in [-0.39, 0.29) is 0 Å². The highest BCUT2D eigenvalue weighted by Gasteiger charge is 2.28. The van der Waals surface area contributed by atoms with Crippen molar-refractivity contribution >= 4 is 5.91 Å². The molecule has 0 spiro atoms. The van der Waals surface area contributed by atoms with Crippen LogP contribution in [0, 0.1) is 0 Å². The fourth-order valence-corrected chi connectivity index (χ4v) is 7.41. The Kier molecular flexibility index (Phi) is 39.9. The SMILES string of the molecule is CCCCCCCCCCCCCCCCCCCCCCCCCCC(O)C(O)C(CO)NC(=O)C(O)CCCCCCCCCCCCC. The minimum atomic E-state index is -1.25. The molecule has 0 radical (unpaired) electrons. The molecule has 1 amide bonds. The van der Waals surface area contributed by atoms with E-state index < -0.39 is 36.9 Å². The fourth-order valence-electron chi connectivity index (χ4n) is 7.41. The lowest BCUT2D eigenvalue weighted by Crippen LogP contribution is -2.53. The number of carbonyl (C=O) groups excluding carboxylic acids is 1. The van der Waals surface area contributed by atoms with Crippen molar-refractivity contribution in [2.45, 2.75) is 276 Å². The number of unbranched alkanes of at least 4 members (excludes halogenated alkanes) is 33. The second kappa shape index (κ2) is 40.5. The first kappa shape index (κ1) is 50.3. The van der Waals surface area contributed by atoms with Gasteiger partial charge in [0.2, 0.25) is 5.91 Å². The average Bonchev–Trinajstić information content (AvgIpc) is 3.13. The van der Waals surface area contributed by atoms with Gasteiger partial charge in [-0.05, 0) is 12.8 Å². The molecule has 6 heteroatoms. The first-order valence-electron chi connectivity index (χ1n) is 22.9. The van der Waals surface area contributed by atoms with Gasteiger partial charge in [-0.2, -0.15) is 0 Å². The van der Waals surface area contributed by atoms with E-state index in [2.05, 4.69) is 19.2 Å². The zero-order chi connectivity index (χ0) is 37.5. The lowest BCUT2D eigenvalue weighted by Gasteiger charge is -2.27. The Morgan fingerprint density at radius 1 is 0.412 bits per heavy atom. The van der Waals surface area contributed by atoms with Crippen molar-refractivity contribution < 1.29 is 25.2 Å². The molecule has 4 atom stereocenters. The number of amides is 1. The van der Waals surface area contributed by atoms with Crippen LogP contribution < -0.4 is 5.32 Å². The summed E-state index contributed by atoms with van der Waals surface area (Å²) >= 11 is 0. The molecule has 4 unspecified atom stereocenters. The molecule has 0 saturated heterocycles. The number of hydrogen-bond donors (Lipinski definition) is 5. The molecular formula is C45H91NO5. The minimum absolute atomic E-state index is 0.374. The molecule has 0 fully saturated rings. The van der Waals surface area contributed by atoms with E-state index in [0.29, 0.717) is 12.8 Å². The van der Waals surface area contributed by atoms with Gasteiger partial charge in [-0.25, -0.2) is 0 Å². The summed E-state index contributed by atoms with van der Waals surface area (Å²) < 4.78 is 0. The lowest BCUT2D eigenvalue weighted by atomic mass is 9.99. The molecule has 0 saturated carbocycles. The number of hydrogen-bond acceptors (Lipinski definition) is 5. The highest BCUT2D eigenvalue weighted by atomic mass is 16.3. The highest BCUT2D eigenvalue weighted by Crippen LogP contribution is 2.17. The van der Waals surface area contributed by atoms with Gasteiger partial charge in [0.25, 0.3) is 0 Å². The van der Waals surface area contributed by atoms with Crippen LogP contribution >= 0.6 is 0 Å². The van der Waals surface area contributed by atoms with E-state index in [0.717, 1.165) is 38.5 Å². The van der Waals surface area contributed by atoms with Gasteiger partial charge in [0.15, 0.2) is 0 Å². The summed E-state index contributed by atoms with van der Waals surface area (Å²) in [7, 11) is 0. The van der Waals surface area contributed by atoms with Crippen LogP contribution in [0.3, 0.4) is 0 Å². The number of carbonyl (C=O) groups is 1. The predicted octanol–water partition coefficient (Wildman–Crippen LogP) is 12.0. The molecule has 5 N–H and O–H groups in total. The van der Waals surface area contributed by atoms with E-state index in [4.69, 9.17) is 0 Å². The monoisotopic (exact) mass is 726 g/mol. The predicted molar refractivity (Wildman–Crippen MR) is 219 cm³/mol. The molecule has 0 aromatic rings. The van der Waals surface area contributed by atoms with Crippen molar-refractivity contribution in [3.05, 3.63) is 0 Å². The summed E-state index contributed by atoms with van der Waals surface area (Å²) in [5.41, 5.74) is 0. The number of nitrogens with one attached hydrogen (secondary N) is 1. The third-order valence-electron chi connectivity index (χ3n) is 11.1. The number of aliphatic hydroxyl groups excluding tert-OH is 4. The summed E-state index contributed by atoms with van der Waals surface area (Å²) in [4.78, 5) is 12.5. The zero-order valence-corrected chi connectivity index (χ0v) is 34.4. The molecule has 6 nitrogen and oxygen atoms in total. The van der Waals surface area contributed by atoms with Gasteiger partial charge in [0, 0.05) is 0 Å². The van der Waals surface area contributed by atoms with E-state index in [1.807, 2.05) is 0 Å². The largest absolute Gasteiger partial charge is 0.394 e. The zero-order valence-electron chi connectivity index (χ0n) is 34.4. The first-order chi connectivity index (χ1) is 25.0. The van der Waals surface area contributed by atoms with Gasteiger partial charge in [0.05, 0.1) is 18.8 Å². The Hall–Kier alpha value is -0.690. The molecule has 306 valence electrons. The molecular weight excluding hydrogens is 634 g/mol. The molecule has 0 aliphatic heterocycles. The topological polar surface area (TPSA) is 110 Å². The van der Waals surface area contributed by atoms with Crippen LogP contribution in [0.25, 0.3) is 0 Å². The summed E-state index contributed by atoms with van der Waals surface area (Å²) in [6, 6.07) is -0.978. The molecule has 0 rings (SSSR count). The molecule has 0 aliphatic rings. The Balaban J connectivity index is 3.61. The number of rotatable bonds is 42. The molecule has 0 aliphatic carbocycles. The van der Waals surface area contributed by atoms with Crippen molar-refractivity contribution in [1.82, 2.24) is 5.32 Å². The Morgan fingerprint density at radius 2 is 0.667 bits per heavy atom. The molecule has 0 aromatic carbocycles. The third kappa shape index (κ3) is 34.8. The second-order valence-electron chi connectivity index (χ2n) is 16.1. The van der Waals surface area contributed by atoms with Crippen LogP contribution in [0.2, 0.25) is 0 Å². The fraction of sp³-hybridized carbons (Fsp3) is 0.978. The normalized spacial score (nSPS) is 14.1. The van der Waals surface area contributed by atoms with Crippen molar-refractivity contribution in [2.24, 2.45) is 0 Å². The quantitative estimate of drug-likeness (QED) is 0.0402. The lowest BCUT2D eigenvalue weighted by molar-refractivity contribution is -0.132. The van der Waals surface area contributed by atoms with Crippen molar-refractivity contribution in [3.8, 4) is 0 Å². The highest BCUT2D eigenvalue weighted by molar-refractivity contribution is 5.80. The van der Waals surface area contributed by atoms with Crippen LogP contribution in [0.15, 0.2) is 0 Å². The van der Waals surface area contributed by atoms with Gasteiger partial charge >= 0.3 is 0 Å². The van der Waals surface area contributed by atoms with Crippen LogP contribution in [0.1, 0.15) is 251 Å². The van der Waals surface area contributed by atoms with Gasteiger partial charge in [-0.1, -0.05) is 239 Å². The maximum absolute atomic E-state index is 12.5. The first-order valence-corrected chi connectivity index (χ1v) is 22.9. The molecule has 0 bridgehead atoms. The summed E-state index contributed by atoms with van der Waals surface area (Å²) in [6.45, 7) is 4.05. The molecule has 0 heterocycles. The van der Waals surface area contributed by atoms with Crippen LogP contribution in [-0.2, 0) is 4.79 Å². The summed E-state index contributed by atoms with van der Waals surface area (Å²) in [6.07, 6.45) is 42.9. The average molecular weight is 726 g/mol. The van der Waals surface area contributed by atoms with Gasteiger partial charge in [-0.15, -0.1) is 0 Å². The van der Waals surface area contributed by atoms with Gasteiger partial charge < -0.3 is 25.7 Å². The van der Waals surface area contributed by atoms with Crippen molar-refractivity contribution in [1.29, 1.82) is 0 Å². The van der Waals surface area contributed by atoms with Crippen LogP contribution in [0.4, 0.5) is 0 Å². The van der Waals surface area contributed by atoms with Crippen molar-refractivity contribution in [3.63, 3.8) is 0 Å². The maximum Gasteiger partial charge on any atom is 0.249 e. The minimum Gasteiger partial charge on any atom is -0.394 e. The number of aliphatic hydroxyl groups is 4. The maximum atomic E-state index is 12.5. The van der Waals surface area contributed by atoms with Gasteiger partial charge in [-0.3, -0.25) is 4.79 Å². The van der Waals surface area contributed by atoms with E-state index >= 15 is 0 Å². The summed E-state index contributed by atoms with van der Waals surface area (Å²) in [5, 5.41) is 43.6.